The highest BCUT2D eigenvalue weighted by molar-refractivity contribution is 7.89. The van der Waals surface area contributed by atoms with Crippen LogP contribution in [0.15, 0.2) is 59.5 Å². The van der Waals surface area contributed by atoms with Crippen molar-refractivity contribution in [2.45, 2.75) is 18.4 Å². The van der Waals surface area contributed by atoms with Gasteiger partial charge in [-0.1, -0.05) is 35.2 Å². The molecule has 0 spiro atoms. The highest BCUT2D eigenvalue weighted by Crippen LogP contribution is 2.15. The number of sulfonamides is 1. The predicted molar refractivity (Wildman–Crippen MR) is 79.2 cm³/mol. The predicted octanol–water partition coefficient (Wildman–Crippen LogP) is 2.50. The molecule has 112 valence electrons. The lowest BCUT2D eigenvalue weighted by Gasteiger charge is -2.08. The van der Waals surface area contributed by atoms with E-state index in [2.05, 4.69) is 4.89 Å². The molecule has 2 rings (SSSR count). The van der Waals surface area contributed by atoms with Gasteiger partial charge in [0, 0.05) is 0 Å². The first-order valence-electron chi connectivity index (χ1n) is 6.52. The highest BCUT2D eigenvalue weighted by atomic mass is 32.2. The maximum Gasteiger partial charge on any atom is 0.262 e. The summed E-state index contributed by atoms with van der Waals surface area (Å²) in [4.78, 5) is 7.28. The average molecular weight is 307 g/mol. The molecule has 0 aliphatic carbocycles. The lowest BCUT2D eigenvalue weighted by Crippen LogP contribution is -2.23. The fraction of sp³-hybridized carbons (Fsp3) is 0.200. The SMILES string of the molecule is CCOc1ccc(S(=O)(=O)NOCc2ccccc2)cc1. The van der Waals surface area contributed by atoms with Crippen LogP contribution in [0, 0.1) is 0 Å². The second-order valence-electron chi connectivity index (χ2n) is 4.27. The molecule has 0 fully saturated rings. The van der Waals surface area contributed by atoms with Gasteiger partial charge in [0.25, 0.3) is 10.0 Å². The van der Waals surface area contributed by atoms with Gasteiger partial charge < -0.3 is 4.74 Å². The third-order valence-electron chi connectivity index (χ3n) is 2.70. The molecule has 1 N–H and O–H groups in total. The molecule has 0 atom stereocenters. The summed E-state index contributed by atoms with van der Waals surface area (Å²) in [6, 6.07) is 15.5. The minimum atomic E-state index is -3.69. The summed E-state index contributed by atoms with van der Waals surface area (Å²) in [5, 5.41) is 0. The first-order valence-corrected chi connectivity index (χ1v) is 8.00. The number of rotatable bonds is 7. The Balaban J connectivity index is 1.95. The summed E-state index contributed by atoms with van der Waals surface area (Å²) < 4.78 is 29.3. The van der Waals surface area contributed by atoms with Gasteiger partial charge in [0.05, 0.1) is 18.1 Å². The van der Waals surface area contributed by atoms with Crippen LogP contribution >= 0.6 is 0 Å². The standard InChI is InChI=1S/C15H17NO4S/c1-2-19-14-8-10-15(11-9-14)21(17,18)16-20-12-13-6-4-3-5-7-13/h3-11,16H,2,12H2,1H3. The van der Waals surface area contributed by atoms with Crippen molar-refractivity contribution < 1.29 is 18.0 Å². The van der Waals surface area contributed by atoms with Crippen molar-refractivity contribution in [1.29, 1.82) is 0 Å². The molecule has 0 amide bonds. The van der Waals surface area contributed by atoms with Crippen LogP contribution in [0.1, 0.15) is 12.5 Å². The van der Waals surface area contributed by atoms with Crippen molar-refractivity contribution in [3.05, 3.63) is 60.2 Å². The molecular formula is C15H17NO4S. The van der Waals surface area contributed by atoms with E-state index in [-0.39, 0.29) is 11.5 Å². The van der Waals surface area contributed by atoms with E-state index in [1.54, 1.807) is 12.1 Å². The Kier molecular flexibility index (Phi) is 5.32. The number of ether oxygens (including phenoxy) is 1. The van der Waals surface area contributed by atoms with Crippen molar-refractivity contribution >= 4 is 10.0 Å². The molecule has 0 aromatic heterocycles. The third-order valence-corrected chi connectivity index (χ3v) is 3.93. The molecule has 2 aromatic rings. The van der Waals surface area contributed by atoms with Crippen LogP contribution in [0.5, 0.6) is 5.75 Å². The summed E-state index contributed by atoms with van der Waals surface area (Å²) in [6.45, 7) is 2.56. The minimum absolute atomic E-state index is 0.124. The Bertz CT molecular complexity index is 654. The molecule has 0 radical (unpaired) electrons. The molecule has 0 saturated carbocycles. The van der Waals surface area contributed by atoms with Gasteiger partial charge in [0.2, 0.25) is 0 Å². The van der Waals surface area contributed by atoms with Crippen molar-refractivity contribution in [3.8, 4) is 5.75 Å². The molecule has 0 saturated heterocycles. The van der Waals surface area contributed by atoms with Crippen LogP contribution in [0.2, 0.25) is 0 Å². The fourth-order valence-corrected chi connectivity index (χ4v) is 2.50. The largest absolute Gasteiger partial charge is 0.494 e. The van der Waals surface area contributed by atoms with Crippen LogP contribution in [0.4, 0.5) is 0 Å². The third kappa shape index (κ3) is 4.56. The van der Waals surface area contributed by atoms with Crippen LogP contribution < -0.4 is 9.62 Å². The maximum absolute atomic E-state index is 12.0. The monoisotopic (exact) mass is 307 g/mol. The summed E-state index contributed by atoms with van der Waals surface area (Å²) in [5.41, 5.74) is 0.881. The molecule has 0 unspecified atom stereocenters. The van der Waals surface area contributed by atoms with Crippen LogP contribution in [-0.2, 0) is 21.5 Å². The number of hydrogen-bond acceptors (Lipinski definition) is 4. The van der Waals surface area contributed by atoms with E-state index in [1.165, 1.54) is 12.1 Å². The number of nitrogens with one attached hydrogen (secondary N) is 1. The van der Waals surface area contributed by atoms with E-state index in [9.17, 15) is 8.42 Å². The van der Waals surface area contributed by atoms with Gasteiger partial charge in [-0.3, -0.25) is 4.84 Å². The molecule has 6 heteroatoms. The topological polar surface area (TPSA) is 64.6 Å². The van der Waals surface area contributed by atoms with Crippen molar-refractivity contribution in [2.75, 3.05) is 6.61 Å². The van der Waals surface area contributed by atoms with Crippen molar-refractivity contribution in [1.82, 2.24) is 4.89 Å². The molecular weight excluding hydrogens is 290 g/mol. The maximum atomic E-state index is 12.0. The Morgan fingerprint density at radius 3 is 2.29 bits per heavy atom. The molecule has 21 heavy (non-hydrogen) atoms. The van der Waals surface area contributed by atoms with Gasteiger partial charge >= 0.3 is 0 Å². The normalized spacial score (nSPS) is 11.3. The lowest BCUT2D eigenvalue weighted by molar-refractivity contribution is 0.0795. The molecule has 0 aliphatic rings. The van der Waals surface area contributed by atoms with Gasteiger partial charge in [-0.25, -0.2) is 8.42 Å². The van der Waals surface area contributed by atoms with E-state index in [0.29, 0.717) is 12.4 Å². The van der Waals surface area contributed by atoms with Gasteiger partial charge in [-0.2, -0.15) is 0 Å². The van der Waals surface area contributed by atoms with E-state index >= 15 is 0 Å². The van der Waals surface area contributed by atoms with E-state index in [1.807, 2.05) is 37.3 Å². The Morgan fingerprint density at radius 1 is 1.00 bits per heavy atom. The molecule has 0 heterocycles. The average Bonchev–Trinajstić information content (AvgIpc) is 2.49. The number of benzene rings is 2. The first kappa shape index (κ1) is 15.5. The zero-order chi connectivity index (χ0) is 15.1. The van der Waals surface area contributed by atoms with Gasteiger partial charge in [-0.05, 0) is 36.8 Å². The molecule has 0 bridgehead atoms. The van der Waals surface area contributed by atoms with E-state index in [4.69, 9.17) is 9.57 Å². The van der Waals surface area contributed by atoms with E-state index < -0.39 is 10.0 Å². The second kappa shape index (κ2) is 7.21. The highest BCUT2D eigenvalue weighted by Gasteiger charge is 2.14. The Labute approximate surface area is 124 Å². The number of hydrogen-bond donors (Lipinski definition) is 1. The zero-order valence-electron chi connectivity index (χ0n) is 11.7. The van der Waals surface area contributed by atoms with Crippen LogP contribution in [0.25, 0.3) is 0 Å². The lowest BCUT2D eigenvalue weighted by atomic mass is 10.2. The van der Waals surface area contributed by atoms with Gasteiger partial charge in [0.1, 0.15) is 5.75 Å². The minimum Gasteiger partial charge on any atom is -0.494 e. The molecule has 0 aliphatic heterocycles. The molecule has 2 aromatic carbocycles. The fourth-order valence-electron chi connectivity index (χ4n) is 1.69. The van der Waals surface area contributed by atoms with Gasteiger partial charge in [0.15, 0.2) is 0 Å². The van der Waals surface area contributed by atoms with Crippen molar-refractivity contribution in [2.24, 2.45) is 0 Å². The summed E-state index contributed by atoms with van der Waals surface area (Å²) in [5.74, 6) is 0.627. The molecule has 5 nitrogen and oxygen atoms in total. The summed E-state index contributed by atoms with van der Waals surface area (Å²) in [6.07, 6.45) is 0. The van der Waals surface area contributed by atoms with Gasteiger partial charge in [-0.15, -0.1) is 0 Å². The quantitative estimate of drug-likeness (QED) is 0.798. The van der Waals surface area contributed by atoms with Crippen LogP contribution in [0.3, 0.4) is 0 Å². The Hall–Kier alpha value is -1.89. The first-order chi connectivity index (χ1) is 10.1. The zero-order valence-corrected chi connectivity index (χ0v) is 12.5. The second-order valence-corrected chi connectivity index (χ2v) is 5.91. The van der Waals surface area contributed by atoms with Crippen LogP contribution in [-0.4, -0.2) is 15.0 Å². The summed E-state index contributed by atoms with van der Waals surface area (Å²) in [7, 11) is -3.69. The Morgan fingerprint density at radius 2 is 1.67 bits per heavy atom. The van der Waals surface area contributed by atoms with Crippen molar-refractivity contribution in [3.63, 3.8) is 0 Å². The van der Waals surface area contributed by atoms with E-state index in [0.717, 1.165) is 5.56 Å². The smallest absolute Gasteiger partial charge is 0.262 e. The summed E-state index contributed by atoms with van der Waals surface area (Å²) >= 11 is 0.